The molecule has 0 spiro atoms. The number of rotatable bonds is 10. The van der Waals surface area contributed by atoms with Gasteiger partial charge in [0.1, 0.15) is 23.1 Å². The van der Waals surface area contributed by atoms with Gasteiger partial charge in [0.05, 0.1) is 43.6 Å². The van der Waals surface area contributed by atoms with E-state index in [2.05, 4.69) is 44.1 Å². The van der Waals surface area contributed by atoms with E-state index in [-0.39, 0.29) is 18.8 Å². The summed E-state index contributed by atoms with van der Waals surface area (Å²) in [6.45, 7) is 3.34. The van der Waals surface area contributed by atoms with Crippen LogP contribution in [-0.2, 0) is 22.7 Å². The second kappa shape index (κ2) is 11.5. The van der Waals surface area contributed by atoms with Gasteiger partial charge in [0, 0.05) is 30.4 Å². The van der Waals surface area contributed by atoms with Crippen LogP contribution in [0.5, 0.6) is 0 Å². The molecule has 1 N–H and O–H groups in total. The predicted molar refractivity (Wildman–Crippen MR) is 158 cm³/mol. The molecular formula is C26H31F2N9O2S2. The first kappa shape index (κ1) is 27.8. The van der Waals surface area contributed by atoms with Crippen LogP contribution in [-0.4, -0.2) is 91.5 Å². The van der Waals surface area contributed by atoms with Crippen LogP contribution in [0.25, 0.3) is 27.3 Å². The van der Waals surface area contributed by atoms with Crippen molar-refractivity contribution in [1.82, 2.24) is 34.1 Å². The number of aromatic nitrogens is 7. The van der Waals surface area contributed by atoms with Crippen LogP contribution < -0.4 is 10.2 Å². The minimum Gasteiger partial charge on any atom is -0.378 e. The van der Waals surface area contributed by atoms with E-state index < -0.39 is 21.7 Å². The van der Waals surface area contributed by atoms with Gasteiger partial charge in [0.25, 0.3) is 0 Å². The minimum atomic E-state index is -0.985. The molecule has 0 radical (unpaired) electrons. The Morgan fingerprint density at radius 2 is 1.95 bits per heavy atom. The predicted octanol–water partition coefficient (Wildman–Crippen LogP) is 3.99. The average Bonchev–Trinajstić information content (AvgIpc) is 3.71. The van der Waals surface area contributed by atoms with Crippen LogP contribution >= 0.6 is 21.4 Å². The van der Waals surface area contributed by atoms with Gasteiger partial charge in [-0.15, -0.1) is 11.3 Å². The SMILES string of the molecule is CS(C)(C)CCOCn1c(CNc2nc(N3CCOCC3)nc3c(-c4nccs4)cnn23)nc2c(F)c(F)ccc21. The van der Waals surface area contributed by atoms with Crippen molar-refractivity contribution in [2.45, 2.75) is 13.3 Å². The maximum atomic E-state index is 14.7. The van der Waals surface area contributed by atoms with Crippen molar-refractivity contribution in [2.24, 2.45) is 0 Å². The highest BCUT2D eigenvalue weighted by molar-refractivity contribution is 8.32. The molecule has 6 rings (SSSR count). The second-order valence-electron chi connectivity index (χ2n) is 10.4. The Kier molecular flexibility index (Phi) is 7.76. The van der Waals surface area contributed by atoms with Crippen molar-refractivity contribution in [1.29, 1.82) is 0 Å². The van der Waals surface area contributed by atoms with E-state index in [4.69, 9.17) is 19.4 Å². The Morgan fingerprint density at radius 1 is 1.12 bits per heavy atom. The van der Waals surface area contributed by atoms with Crippen molar-refractivity contribution < 1.29 is 18.3 Å². The molecule has 1 aromatic carbocycles. The zero-order valence-electron chi connectivity index (χ0n) is 23.0. The summed E-state index contributed by atoms with van der Waals surface area (Å²) in [5, 5.41) is 10.6. The second-order valence-corrected chi connectivity index (χ2v) is 15.9. The average molecular weight is 604 g/mol. The molecule has 41 heavy (non-hydrogen) atoms. The molecule has 0 bridgehead atoms. The molecule has 1 fully saturated rings. The summed E-state index contributed by atoms with van der Waals surface area (Å²) in [7, 11) is -0.736. The summed E-state index contributed by atoms with van der Waals surface area (Å²) in [5.74, 6) is 0.441. The van der Waals surface area contributed by atoms with E-state index in [0.717, 1.165) is 22.4 Å². The van der Waals surface area contributed by atoms with Gasteiger partial charge in [-0.3, -0.25) is 0 Å². The number of fused-ring (bicyclic) bond motifs is 2. The summed E-state index contributed by atoms with van der Waals surface area (Å²) in [6.07, 6.45) is 10.1. The van der Waals surface area contributed by atoms with Gasteiger partial charge in [-0.1, -0.05) is 0 Å². The molecule has 1 saturated heterocycles. The third-order valence-electron chi connectivity index (χ3n) is 6.67. The molecular weight excluding hydrogens is 572 g/mol. The van der Waals surface area contributed by atoms with Crippen LogP contribution in [0.4, 0.5) is 20.7 Å². The molecule has 5 heterocycles. The summed E-state index contributed by atoms with van der Waals surface area (Å²) in [6, 6.07) is 2.63. The van der Waals surface area contributed by atoms with Crippen LogP contribution in [0, 0.1) is 11.6 Å². The Hall–Kier alpha value is -3.40. The van der Waals surface area contributed by atoms with E-state index in [1.54, 1.807) is 21.5 Å². The smallest absolute Gasteiger partial charge is 0.230 e. The molecule has 0 saturated carbocycles. The fourth-order valence-corrected chi connectivity index (χ4v) is 5.74. The van der Waals surface area contributed by atoms with Gasteiger partial charge >= 0.3 is 0 Å². The first-order valence-electron chi connectivity index (χ1n) is 13.1. The number of nitrogens with one attached hydrogen (secondary N) is 1. The Balaban J connectivity index is 1.34. The monoisotopic (exact) mass is 603 g/mol. The Bertz CT molecular complexity index is 1660. The molecule has 4 aromatic heterocycles. The van der Waals surface area contributed by atoms with Gasteiger partial charge < -0.3 is 24.3 Å². The third-order valence-corrected chi connectivity index (χ3v) is 8.87. The first-order chi connectivity index (χ1) is 19.8. The number of nitrogens with zero attached hydrogens (tertiary/aromatic N) is 8. The lowest BCUT2D eigenvalue weighted by Gasteiger charge is -2.27. The fourth-order valence-electron chi connectivity index (χ4n) is 4.48. The van der Waals surface area contributed by atoms with E-state index in [9.17, 15) is 8.78 Å². The number of thiazole rings is 1. The maximum Gasteiger partial charge on any atom is 0.230 e. The van der Waals surface area contributed by atoms with Gasteiger partial charge in [0.2, 0.25) is 11.9 Å². The zero-order valence-corrected chi connectivity index (χ0v) is 24.6. The number of hydrogen-bond acceptors (Lipinski definition) is 10. The van der Waals surface area contributed by atoms with Crippen molar-refractivity contribution in [3.05, 3.63) is 47.4 Å². The van der Waals surface area contributed by atoms with Crippen LogP contribution in [0.3, 0.4) is 0 Å². The quantitative estimate of drug-likeness (QED) is 0.237. The number of morpholine rings is 1. The van der Waals surface area contributed by atoms with Gasteiger partial charge in [0.15, 0.2) is 17.3 Å². The highest BCUT2D eigenvalue weighted by Crippen LogP contribution is 2.34. The number of anilines is 2. The number of hydrogen-bond donors (Lipinski definition) is 1. The lowest BCUT2D eigenvalue weighted by molar-refractivity contribution is 0.0905. The van der Waals surface area contributed by atoms with Crippen LogP contribution in [0.1, 0.15) is 5.82 Å². The highest BCUT2D eigenvalue weighted by atomic mass is 32.3. The van der Waals surface area contributed by atoms with Crippen molar-refractivity contribution >= 4 is 49.9 Å². The molecule has 1 aliphatic heterocycles. The Morgan fingerprint density at radius 3 is 2.71 bits per heavy atom. The molecule has 15 heteroatoms. The summed E-state index contributed by atoms with van der Waals surface area (Å²) >= 11 is 1.50. The molecule has 0 amide bonds. The molecule has 0 unspecified atom stereocenters. The normalized spacial score (nSPS) is 14.8. The summed E-state index contributed by atoms with van der Waals surface area (Å²) < 4.78 is 43.7. The molecule has 218 valence electrons. The van der Waals surface area contributed by atoms with Gasteiger partial charge in [-0.2, -0.15) is 19.6 Å². The standard InChI is InChI=1S/C26H31F2N9O2S2/c1-41(2,3)13-11-39-16-36-19-5-4-18(27)21(28)22(19)32-20(36)15-30-25-34-26(35-7-9-38-10-8-35)33-23-17(14-31-37(23)25)24-29-6-12-40-24/h4-6,12,14H,7-11,13,15-16H2,1-3H3,(H,30,33,34). The van der Waals surface area contributed by atoms with Gasteiger partial charge in [-0.25, -0.2) is 28.8 Å². The lowest BCUT2D eigenvalue weighted by atomic mass is 10.3. The number of halogens is 2. The van der Waals surface area contributed by atoms with E-state index in [1.807, 2.05) is 5.38 Å². The Labute approximate surface area is 240 Å². The fraction of sp³-hybridized carbons (Fsp3) is 0.423. The first-order valence-corrected chi connectivity index (χ1v) is 17.0. The third kappa shape index (κ3) is 5.84. The van der Waals surface area contributed by atoms with E-state index >= 15 is 0 Å². The van der Waals surface area contributed by atoms with Gasteiger partial charge in [-0.05, 0) is 30.9 Å². The minimum absolute atomic E-state index is 0.0427. The summed E-state index contributed by atoms with van der Waals surface area (Å²) in [4.78, 5) is 20.6. The topological polar surface area (TPSA) is 108 Å². The van der Waals surface area contributed by atoms with Crippen LogP contribution in [0.2, 0.25) is 0 Å². The number of ether oxygens (including phenoxy) is 2. The molecule has 5 aromatic rings. The molecule has 1 aliphatic rings. The lowest BCUT2D eigenvalue weighted by Crippen LogP contribution is -2.37. The largest absolute Gasteiger partial charge is 0.378 e. The van der Waals surface area contributed by atoms with E-state index in [1.165, 1.54) is 17.4 Å². The molecule has 0 aliphatic carbocycles. The van der Waals surface area contributed by atoms with Crippen molar-refractivity contribution in [3.63, 3.8) is 0 Å². The number of imidazole rings is 1. The zero-order chi connectivity index (χ0) is 28.6. The highest BCUT2D eigenvalue weighted by Gasteiger charge is 2.22. The number of benzene rings is 1. The van der Waals surface area contributed by atoms with E-state index in [0.29, 0.717) is 61.8 Å². The van der Waals surface area contributed by atoms with Crippen molar-refractivity contribution in [2.75, 3.05) is 67.6 Å². The molecule has 0 atom stereocenters. The maximum absolute atomic E-state index is 14.7. The summed E-state index contributed by atoms with van der Waals surface area (Å²) in [5.41, 5.74) is 1.81. The van der Waals surface area contributed by atoms with Crippen molar-refractivity contribution in [3.8, 4) is 10.6 Å². The van der Waals surface area contributed by atoms with Crippen LogP contribution in [0.15, 0.2) is 29.9 Å². The molecule has 11 nitrogen and oxygen atoms in total.